The van der Waals surface area contributed by atoms with Gasteiger partial charge >= 0.3 is 7.82 Å². The van der Waals surface area contributed by atoms with Gasteiger partial charge in [-0.3, -0.25) is 8.88 Å². The summed E-state index contributed by atoms with van der Waals surface area (Å²) in [5.74, 6) is 0. The van der Waals surface area contributed by atoms with E-state index in [2.05, 4.69) is 8.99 Å². The van der Waals surface area contributed by atoms with Gasteiger partial charge in [0.15, 0.2) is 0 Å². The quantitative estimate of drug-likeness (QED) is 0.258. The summed E-state index contributed by atoms with van der Waals surface area (Å²) < 4.78 is 24.5. The standard InChI is InChI=1S/Cu.H4O8P2/c;1-7-10(5,6)8-9(2,3)4/h;1H,(H,5,6)(H2,2,3,4)/p-3. The summed E-state index contributed by atoms with van der Waals surface area (Å²) in [6, 6.07) is 0. The first-order valence-electron chi connectivity index (χ1n) is 1.64. The molecule has 0 aliphatic heterocycles. The second-order valence-corrected chi connectivity index (χ2v) is 3.66. The van der Waals surface area contributed by atoms with Crippen LogP contribution in [0.5, 0.6) is 0 Å². The summed E-state index contributed by atoms with van der Waals surface area (Å²) in [7, 11) is -11.0. The predicted octanol–water partition coefficient (Wildman–Crippen LogP) is -2.21. The summed E-state index contributed by atoms with van der Waals surface area (Å²) in [4.78, 5) is 28.8. The van der Waals surface area contributed by atoms with E-state index in [0.717, 1.165) is 0 Å². The van der Waals surface area contributed by atoms with Gasteiger partial charge in [-0.25, -0.2) is 5.26 Å². The maximum atomic E-state index is 9.78. The van der Waals surface area contributed by atoms with Crippen LogP contribution in [0.2, 0.25) is 0 Å². The van der Waals surface area contributed by atoms with Crippen molar-refractivity contribution in [1.29, 1.82) is 0 Å². The van der Waals surface area contributed by atoms with E-state index in [9.17, 15) is 23.8 Å². The molecule has 0 saturated heterocycles. The van der Waals surface area contributed by atoms with Gasteiger partial charge in [-0.05, 0) is 0 Å². The third kappa shape index (κ3) is 8.65. The van der Waals surface area contributed by atoms with Crippen molar-refractivity contribution in [3.63, 3.8) is 0 Å². The van der Waals surface area contributed by atoms with Crippen molar-refractivity contribution >= 4 is 15.6 Å². The van der Waals surface area contributed by atoms with Crippen LogP contribution in [0.25, 0.3) is 0 Å². The van der Waals surface area contributed by atoms with Gasteiger partial charge in [0.25, 0.3) is 0 Å². The monoisotopic (exact) mass is 254 g/mol. The molecule has 0 spiro atoms. The molecule has 11 heavy (non-hydrogen) atoms. The van der Waals surface area contributed by atoms with Crippen LogP contribution < -0.4 is 14.7 Å². The van der Waals surface area contributed by atoms with Crippen molar-refractivity contribution in [2.24, 2.45) is 0 Å². The van der Waals surface area contributed by atoms with Crippen molar-refractivity contribution in [3.8, 4) is 0 Å². The number of hydrogen-bond acceptors (Lipinski definition) is 8. The Morgan fingerprint density at radius 2 is 1.55 bits per heavy atom. The van der Waals surface area contributed by atoms with E-state index in [-0.39, 0.29) is 17.1 Å². The van der Waals surface area contributed by atoms with Gasteiger partial charge in [-0.15, -0.1) is 0 Å². The molecule has 0 aliphatic rings. The third-order valence-corrected chi connectivity index (χ3v) is 2.10. The van der Waals surface area contributed by atoms with Crippen LogP contribution in [0.15, 0.2) is 0 Å². The van der Waals surface area contributed by atoms with Crippen LogP contribution in [-0.4, -0.2) is 5.26 Å². The van der Waals surface area contributed by atoms with Crippen LogP contribution in [0.1, 0.15) is 0 Å². The fraction of sp³-hybridized carbons (Fsp3) is 0. The van der Waals surface area contributed by atoms with E-state index in [1.165, 1.54) is 0 Å². The fourth-order valence-corrected chi connectivity index (χ4v) is 1.24. The molecule has 11 heteroatoms. The molecular formula is HCuO8P2-3. The van der Waals surface area contributed by atoms with Crippen molar-refractivity contribution in [1.82, 2.24) is 0 Å². The van der Waals surface area contributed by atoms with E-state index in [1.807, 2.05) is 0 Å². The van der Waals surface area contributed by atoms with Crippen LogP contribution in [-0.2, 0) is 35.2 Å². The molecule has 1 unspecified atom stereocenters. The molecule has 8 nitrogen and oxygen atoms in total. The zero-order valence-electron chi connectivity index (χ0n) is 4.50. The van der Waals surface area contributed by atoms with Gasteiger partial charge in [-0.1, -0.05) is 0 Å². The summed E-state index contributed by atoms with van der Waals surface area (Å²) in [5, 5.41) is 7.36. The zero-order valence-corrected chi connectivity index (χ0v) is 7.23. The molecule has 73 valence electrons. The average molecular weight is 254 g/mol. The van der Waals surface area contributed by atoms with E-state index in [1.54, 1.807) is 0 Å². The average Bonchev–Trinajstić information content (AvgIpc) is 1.60. The number of rotatable bonds is 3. The van der Waals surface area contributed by atoms with Crippen LogP contribution in [0, 0.1) is 0 Å². The Labute approximate surface area is 71.4 Å². The van der Waals surface area contributed by atoms with E-state index in [4.69, 9.17) is 5.26 Å². The summed E-state index contributed by atoms with van der Waals surface area (Å²) in [6.45, 7) is 0. The minimum atomic E-state index is -5.66. The van der Waals surface area contributed by atoms with E-state index < -0.39 is 15.6 Å². The van der Waals surface area contributed by atoms with Crippen molar-refractivity contribution in [2.75, 3.05) is 0 Å². The SMILES string of the molecule is O=P([O-])([O-])OP(=O)([O-])OO.[Cu]. The van der Waals surface area contributed by atoms with Gasteiger partial charge in [0.2, 0.25) is 0 Å². The second-order valence-electron chi connectivity index (χ2n) is 1.06. The molecule has 0 aliphatic carbocycles. The molecule has 0 rings (SSSR count). The maximum absolute atomic E-state index is 9.78. The molecule has 0 heterocycles. The third-order valence-electron chi connectivity index (χ3n) is 0.300. The fourth-order valence-electron chi connectivity index (χ4n) is 0.137. The summed E-state index contributed by atoms with van der Waals surface area (Å²) >= 11 is 0. The largest absolute Gasteiger partial charge is 0.790 e. The van der Waals surface area contributed by atoms with Gasteiger partial charge in [0.1, 0.15) is 0 Å². The van der Waals surface area contributed by atoms with Crippen molar-refractivity contribution < 1.29 is 55.1 Å². The molecule has 1 atom stereocenters. The Morgan fingerprint density at radius 1 is 1.18 bits per heavy atom. The zero-order chi connectivity index (χ0) is 8.41. The summed E-state index contributed by atoms with van der Waals surface area (Å²) in [6.07, 6.45) is 0. The Hall–Kier alpha value is 0.739. The van der Waals surface area contributed by atoms with Gasteiger partial charge in [0, 0.05) is 17.1 Å². The van der Waals surface area contributed by atoms with E-state index in [0.29, 0.717) is 0 Å². The van der Waals surface area contributed by atoms with Gasteiger partial charge in [0.05, 0.1) is 7.82 Å². The molecule has 1 N–H and O–H groups in total. The molecule has 0 bridgehead atoms. The molecule has 0 amide bonds. The van der Waals surface area contributed by atoms with Crippen LogP contribution in [0.4, 0.5) is 0 Å². The normalized spacial score (nSPS) is 16.7. The minimum Gasteiger partial charge on any atom is -0.790 e. The van der Waals surface area contributed by atoms with Crippen molar-refractivity contribution in [3.05, 3.63) is 0 Å². The Balaban J connectivity index is 0. The number of hydrogen-bond donors (Lipinski definition) is 1. The molecule has 0 fully saturated rings. The second kappa shape index (κ2) is 4.69. The first-order valence-corrected chi connectivity index (χ1v) is 4.56. The molecule has 0 aromatic rings. The van der Waals surface area contributed by atoms with E-state index >= 15 is 0 Å². The first kappa shape index (κ1) is 14.3. The maximum Gasteiger partial charge on any atom is 0.301 e. The van der Waals surface area contributed by atoms with Crippen LogP contribution >= 0.6 is 15.6 Å². The van der Waals surface area contributed by atoms with Crippen LogP contribution in [0.3, 0.4) is 0 Å². The summed E-state index contributed by atoms with van der Waals surface area (Å²) in [5.41, 5.74) is 0. The Morgan fingerprint density at radius 3 is 1.64 bits per heavy atom. The van der Waals surface area contributed by atoms with Gasteiger partial charge in [-0.2, -0.15) is 4.67 Å². The predicted molar refractivity (Wildman–Crippen MR) is 20.0 cm³/mol. The molecule has 0 aromatic carbocycles. The smallest absolute Gasteiger partial charge is 0.301 e. The van der Waals surface area contributed by atoms with Crippen molar-refractivity contribution in [2.45, 2.75) is 0 Å². The Bertz CT molecular complexity index is 190. The van der Waals surface area contributed by atoms with Gasteiger partial charge < -0.3 is 19.2 Å². The topological polar surface area (TPSA) is 142 Å². The minimum absolute atomic E-state index is 0. The molecule has 0 aromatic heterocycles. The molecular weight excluding hydrogens is 253 g/mol. The first-order chi connectivity index (χ1) is 4.27. The number of phosphoric acid groups is 2. The molecule has 0 saturated carbocycles. The molecule has 1 radical (unpaired) electrons. The Kier molecular flexibility index (Phi) is 6.08.